The third-order valence-electron chi connectivity index (χ3n) is 0.558. The minimum absolute atomic E-state index is 0.929. The van der Waals surface area contributed by atoms with Gasteiger partial charge in [-0.3, -0.25) is 0 Å². The Morgan fingerprint density at radius 3 is 2.50 bits per heavy atom. The number of hydrogen-bond acceptors (Lipinski definition) is 5. The van der Waals surface area contributed by atoms with Crippen LogP contribution in [0.4, 0.5) is 0 Å². The van der Waals surface area contributed by atoms with Gasteiger partial charge < -0.3 is 0 Å². The maximum Gasteiger partial charge on any atom is 0.171 e. The van der Waals surface area contributed by atoms with Crippen molar-refractivity contribution in [3.8, 4) is 0 Å². The van der Waals surface area contributed by atoms with Crippen LogP contribution >= 0.6 is 20.6 Å². The summed E-state index contributed by atoms with van der Waals surface area (Å²) in [6.07, 6.45) is 1.63. The third-order valence-corrected chi connectivity index (χ3v) is 4.21. The van der Waals surface area contributed by atoms with Crippen LogP contribution in [0.5, 0.6) is 0 Å². The molecule has 0 aromatic rings. The molecule has 4 nitrogen and oxygen atoms in total. The van der Waals surface area contributed by atoms with Gasteiger partial charge in [0, 0.05) is 5.37 Å². The lowest BCUT2D eigenvalue weighted by molar-refractivity contribution is -1.91. The van der Waals surface area contributed by atoms with E-state index in [1.54, 1.807) is 11.5 Å². The van der Waals surface area contributed by atoms with E-state index in [2.05, 4.69) is 3.74 Å². The van der Waals surface area contributed by atoms with Gasteiger partial charge in [-0.15, -0.1) is 0 Å². The molecule has 0 aliphatic carbocycles. The normalized spacial score (nSPS) is 24.9. The molecule has 1 aliphatic rings. The van der Waals surface area contributed by atoms with E-state index in [-0.39, 0.29) is 0 Å². The average Bonchev–Trinajstić information content (AvgIpc) is 2.12. The number of hydrogen-bond donors (Lipinski definition) is 0. The Hall–Kier alpha value is 0.440. The summed E-state index contributed by atoms with van der Waals surface area (Å²) >= 11 is 0. The van der Waals surface area contributed by atoms with Crippen molar-refractivity contribution in [2.24, 2.45) is 0 Å². The molecule has 1 aliphatic heterocycles. The first kappa shape index (κ1) is 8.54. The van der Waals surface area contributed by atoms with Crippen molar-refractivity contribution < 1.29 is 28.0 Å². The lowest BCUT2D eigenvalue weighted by Gasteiger charge is -2.11. The fraction of sp³-hybridized carbons (Fsp3) is 0. The average molecular weight is 203 g/mol. The van der Waals surface area contributed by atoms with Crippen molar-refractivity contribution in [3.63, 3.8) is 0 Å². The Morgan fingerprint density at radius 2 is 2.10 bits per heavy atom. The molecular formula is C3H3ClO4S2. The molecule has 0 spiro atoms. The second-order valence-electron chi connectivity index (χ2n) is 1.26. The fourth-order valence-corrected chi connectivity index (χ4v) is 3.58. The van der Waals surface area contributed by atoms with Gasteiger partial charge in [0.2, 0.25) is 0 Å². The molecule has 0 radical (unpaired) electrons. The summed E-state index contributed by atoms with van der Waals surface area (Å²) in [5, 5.41) is 3.16. The Labute approximate surface area is 65.8 Å². The van der Waals surface area contributed by atoms with Crippen LogP contribution in [0.1, 0.15) is 0 Å². The first-order valence-corrected chi connectivity index (χ1v) is 5.93. The van der Waals surface area contributed by atoms with Crippen LogP contribution in [0.15, 0.2) is 11.5 Å². The van der Waals surface area contributed by atoms with Crippen LogP contribution in [0.3, 0.4) is 0 Å². The van der Waals surface area contributed by atoms with E-state index in [1.807, 2.05) is 0 Å². The van der Waals surface area contributed by atoms with E-state index in [0.717, 1.165) is 10.8 Å². The molecule has 58 valence electrons. The van der Waals surface area contributed by atoms with Crippen molar-refractivity contribution in [1.29, 1.82) is 0 Å². The lowest BCUT2D eigenvalue weighted by Crippen LogP contribution is -2.59. The first-order valence-electron chi connectivity index (χ1n) is 2.09. The Morgan fingerprint density at radius 1 is 1.40 bits per heavy atom. The SMILES string of the molecule is [O-][Cl+3]([O-])([O-])OS1=CC=CS1. The molecule has 1 heterocycles. The van der Waals surface area contributed by atoms with E-state index >= 15 is 0 Å². The van der Waals surface area contributed by atoms with Gasteiger partial charge in [0.25, 0.3) is 0 Å². The minimum Gasteiger partial charge on any atom is -0.182 e. The molecule has 0 amide bonds. The highest BCUT2D eigenvalue weighted by atomic mass is 35.7. The van der Waals surface area contributed by atoms with Crippen molar-refractivity contribution in [2.45, 2.75) is 0 Å². The molecule has 10 heavy (non-hydrogen) atoms. The molecule has 1 unspecified atom stereocenters. The van der Waals surface area contributed by atoms with Crippen molar-refractivity contribution in [3.05, 3.63) is 11.5 Å². The fourth-order valence-electron chi connectivity index (χ4n) is 0.327. The lowest BCUT2D eigenvalue weighted by atomic mass is 10.8. The second-order valence-corrected chi connectivity index (χ2v) is 5.34. The number of rotatable bonds is 2. The van der Waals surface area contributed by atoms with Crippen molar-refractivity contribution >= 4 is 26.0 Å². The van der Waals surface area contributed by atoms with E-state index < -0.39 is 20.0 Å². The Bertz CT molecular complexity index is 183. The van der Waals surface area contributed by atoms with Gasteiger partial charge >= 0.3 is 0 Å². The topological polar surface area (TPSA) is 78.4 Å². The van der Waals surface area contributed by atoms with Crippen molar-refractivity contribution in [1.82, 2.24) is 0 Å². The summed E-state index contributed by atoms with van der Waals surface area (Å²) in [6.45, 7) is 0. The Balaban J connectivity index is 2.41. The molecule has 0 bridgehead atoms. The molecular weight excluding hydrogens is 200 g/mol. The molecule has 0 aromatic heterocycles. The van der Waals surface area contributed by atoms with Gasteiger partial charge in [0.15, 0.2) is 9.80 Å². The van der Waals surface area contributed by atoms with Gasteiger partial charge in [-0.1, -0.05) is 0 Å². The molecule has 0 saturated heterocycles. The zero-order valence-corrected chi connectivity index (χ0v) is 6.95. The summed E-state index contributed by atoms with van der Waals surface area (Å²) < 4.78 is 33.8. The summed E-state index contributed by atoms with van der Waals surface area (Å²) in [4.78, 5) is 0. The van der Waals surface area contributed by atoms with Gasteiger partial charge in [0.1, 0.15) is 3.74 Å². The molecule has 7 heteroatoms. The highest BCUT2D eigenvalue weighted by Crippen LogP contribution is 2.37. The minimum atomic E-state index is -4.28. The number of halogens is 1. The van der Waals surface area contributed by atoms with Gasteiger partial charge in [0.05, 0.1) is 10.2 Å². The largest absolute Gasteiger partial charge is 0.182 e. The molecule has 0 aromatic carbocycles. The van der Waals surface area contributed by atoms with Gasteiger partial charge in [-0.25, -0.2) is 0 Å². The predicted octanol–water partition coefficient (Wildman–Crippen LogP) is -1.94. The summed E-state index contributed by atoms with van der Waals surface area (Å²) in [5.41, 5.74) is 0. The second kappa shape index (κ2) is 3.22. The van der Waals surface area contributed by atoms with E-state index in [1.165, 1.54) is 5.37 Å². The van der Waals surface area contributed by atoms with E-state index in [4.69, 9.17) is 0 Å². The summed E-state index contributed by atoms with van der Waals surface area (Å²) in [7, 11) is -4.06. The molecule has 0 saturated carbocycles. The predicted molar refractivity (Wildman–Crippen MR) is 31.5 cm³/mol. The molecule has 1 rings (SSSR count). The monoisotopic (exact) mass is 202 g/mol. The van der Waals surface area contributed by atoms with E-state index in [0.29, 0.717) is 0 Å². The summed E-state index contributed by atoms with van der Waals surface area (Å²) in [5.74, 6) is 0. The van der Waals surface area contributed by atoms with Crippen LogP contribution in [0, 0.1) is 10.2 Å². The van der Waals surface area contributed by atoms with Crippen LogP contribution in [0.25, 0.3) is 0 Å². The molecule has 1 atom stereocenters. The third kappa shape index (κ3) is 3.02. The van der Waals surface area contributed by atoms with Crippen LogP contribution in [-0.4, -0.2) is 5.37 Å². The molecule has 0 N–H and O–H groups in total. The Kier molecular flexibility index (Phi) is 2.75. The quantitative estimate of drug-likeness (QED) is 0.385. The van der Waals surface area contributed by atoms with Crippen LogP contribution < -0.4 is 14.0 Å². The summed E-state index contributed by atoms with van der Waals surface area (Å²) in [6, 6.07) is 0. The smallest absolute Gasteiger partial charge is 0.171 e. The standard InChI is InChI=1S/C3H3ClO4S2/c5-4(6,7)8-10-3-1-2-9-10/h1-3H. The zero-order valence-electron chi connectivity index (χ0n) is 4.56. The van der Waals surface area contributed by atoms with Crippen LogP contribution in [0.2, 0.25) is 0 Å². The van der Waals surface area contributed by atoms with E-state index in [9.17, 15) is 14.0 Å². The van der Waals surface area contributed by atoms with Gasteiger partial charge in [-0.05, 0) is 22.3 Å². The molecule has 0 fully saturated rings. The maximum atomic E-state index is 9.93. The maximum absolute atomic E-state index is 9.93. The van der Waals surface area contributed by atoms with Crippen molar-refractivity contribution in [2.75, 3.05) is 0 Å². The first-order chi connectivity index (χ1) is 4.58. The highest BCUT2D eigenvalue weighted by Gasteiger charge is 2.22. The zero-order chi connectivity index (χ0) is 7.61. The van der Waals surface area contributed by atoms with Crippen LogP contribution in [-0.2, 0) is 3.74 Å². The van der Waals surface area contributed by atoms with Gasteiger partial charge in [-0.2, -0.15) is 14.0 Å². The highest BCUT2D eigenvalue weighted by molar-refractivity contribution is 8.83. The number of allylic oxidation sites excluding steroid dienone is 1.